The lowest BCUT2D eigenvalue weighted by molar-refractivity contribution is 0.100. The number of aromatic nitrogens is 1. The highest BCUT2D eigenvalue weighted by molar-refractivity contribution is 7.91. The van der Waals surface area contributed by atoms with Crippen LogP contribution in [-0.4, -0.2) is 24.1 Å². The molecule has 8 heteroatoms. The van der Waals surface area contributed by atoms with E-state index in [9.17, 15) is 13.2 Å². The molecule has 0 bridgehead atoms. The van der Waals surface area contributed by atoms with Crippen LogP contribution in [0.25, 0.3) is 20.5 Å². The molecule has 1 amide bonds. The molecule has 0 spiro atoms. The number of nitrogens with zero attached hydrogens (tertiary/aromatic N) is 1. The van der Waals surface area contributed by atoms with Gasteiger partial charge >= 0.3 is 0 Å². The summed E-state index contributed by atoms with van der Waals surface area (Å²) in [6.07, 6.45) is 1.39. The molecular formula is C19H21N3O3S2. The Kier molecular flexibility index (Phi) is 4.73. The van der Waals surface area contributed by atoms with Crippen LogP contribution in [0.3, 0.4) is 0 Å². The van der Waals surface area contributed by atoms with Crippen molar-refractivity contribution in [2.45, 2.75) is 31.3 Å². The molecule has 0 fully saturated rings. The standard InChI is InChI=1S/C19H21N3O3S2/c1-19(2,3)27(24,25)10-11-4-6-12(7-5-11)15-8-13-16(26-15)14(18(21)23)9-22-17(13)20/h4-9H,10H2,1-3H3,(H2,20,22)(H2,21,23). The maximum absolute atomic E-state index is 12.4. The van der Waals surface area contributed by atoms with E-state index in [1.807, 2.05) is 18.2 Å². The number of hydrogen-bond donors (Lipinski definition) is 2. The highest BCUT2D eigenvalue weighted by atomic mass is 32.2. The van der Waals surface area contributed by atoms with Gasteiger partial charge in [0.2, 0.25) is 0 Å². The van der Waals surface area contributed by atoms with Crippen molar-refractivity contribution in [3.05, 3.63) is 47.7 Å². The Morgan fingerprint density at radius 3 is 2.37 bits per heavy atom. The van der Waals surface area contributed by atoms with Gasteiger partial charge in [-0.1, -0.05) is 24.3 Å². The van der Waals surface area contributed by atoms with Gasteiger partial charge in [0, 0.05) is 16.5 Å². The van der Waals surface area contributed by atoms with Gasteiger partial charge in [-0.25, -0.2) is 13.4 Å². The number of rotatable bonds is 4. The molecular weight excluding hydrogens is 382 g/mol. The van der Waals surface area contributed by atoms with Crippen molar-refractivity contribution in [3.8, 4) is 10.4 Å². The number of thiophene rings is 1. The second-order valence-electron chi connectivity index (χ2n) is 7.34. The monoisotopic (exact) mass is 403 g/mol. The maximum Gasteiger partial charge on any atom is 0.251 e. The number of nitrogens with two attached hydrogens (primary N) is 2. The Hall–Kier alpha value is -2.45. The van der Waals surface area contributed by atoms with Crippen molar-refractivity contribution in [2.75, 3.05) is 5.73 Å². The number of carbonyl (C=O) groups excluding carboxylic acids is 1. The van der Waals surface area contributed by atoms with Crippen LogP contribution in [0.15, 0.2) is 36.5 Å². The second kappa shape index (κ2) is 6.61. The summed E-state index contributed by atoms with van der Waals surface area (Å²) < 4.78 is 24.6. The molecule has 27 heavy (non-hydrogen) atoms. The van der Waals surface area contributed by atoms with Crippen LogP contribution >= 0.6 is 11.3 Å². The fourth-order valence-corrected chi connectivity index (χ4v) is 4.81. The first-order valence-electron chi connectivity index (χ1n) is 8.29. The molecule has 0 saturated heterocycles. The van der Waals surface area contributed by atoms with E-state index >= 15 is 0 Å². The first-order valence-corrected chi connectivity index (χ1v) is 10.8. The molecule has 0 aliphatic carbocycles. The highest BCUT2D eigenvalue weighted by Crippen LogP contribution is 2.37. The summed E-state index contributed by atoms with van der Waals surface area (Å²) in [5, 5.41) is 0.686. The first-order chi connectivity index (χ1) is 12.5. The lowest BCUT2D eigenvalue weighted by Gasteiger charge is -2.19. The lowest BCUT2D eigenvalue weighted by atomic mass is 10.1. The van der Waals surface area contributed by atoms with E-state index < -0.39 is 20.5 Å². The van der Waals surface area contributed by atoms with E-state index in [0.29, 0.717) is 21.5 Å². The number of anilines is 1. The van der Waals surface area contributed by atoms with Crippen molar-refractivity contribution >= 4 is 43.0 Å². The average Bonchev–Trinajstić information content (AvgIpc) is 3.00. The van der Waals surface area contributed by atoms with E-state index in [2.05, 4.69) is 4.98 Å². The summed E-state index contributed by atoms with van der Waals surface area (Å²) in [5.74, 6) is -0.222. The van der Waals surface area contributed by atoms with Crippen LogP contribution in [0.5, 0.6) is 0 Å². The Morgan fingerprint density at radius 2 is 1.81 bits per heavy atom. The number of pyridine rings is 1. The van der Waals surface area contributed by atoms with Gasteiger partial charge in [0.1, 0.15) is 5.82 Å². The molecule has 142 valence electrons. The van der Waals surface area contributed by atoms with E-state index in [-0.39, 0.29) is 5.75 Å². The van der Waals surface area contributed by atoms with Gasteiger partial charge in [0.15, 0.2) is 9.84 Å². The third kappa shape index (κ3) is 3.68. The number of sulfone groups is 1. The van der Waals surface area contributed by atoms with Crippen molar-refractivity contribution in [1.82, 2.24) is 4.98 Å². The quantitative estimate of drug-likeness (QED) is 0.693. The highest BCUT2D eigenvalue weighted by Gasteiger charge is 2.28. The number of hydrogen-bond acceptors (Lipinski definition) is 6. The van der Waals surface area contributed by atoms with Gasteiger partial charge in [-0.2, -0.15) is 0 Å². The third-order valence-corrected chi connectivity index (χ3v) is 8.18. The van der Waals surface area contributed by atoms with Crippen LogP contribution in [0.4, 0.5) is 5.82 Å². The normalized spacial score (nSPS) is 12.4. The first kappa shape index (κ1) is 19.3. The minimum atomic E-state index is -3.24. The molecule has 0 atom stereocenters. The minimum Gasteiger partial charge on any atom is -0.383 e. The van der Waals surface area contributed by atoms with Crippen LogP contribution in [0.1, 0.15) is 36.7 Å². The van der Waals surface area contributed by atoms with Gasteiger partial charge in [-0.05, 0) is 38.0 Å². The third-order valence-electron chi connectivity index (χ3n) is 4.38. The Bertz CT molecular complexity index is 1130. The molecule has 2 aromatic heterocycles. The van der Waals surface area contributed by atoms with E-state index in [1.54, 1.807) is 32.9 Å². The molecule has 4 N–H and O–H groups in total. The smallest absolute Gasteiger partial charge is 0.251 e. The zero-order chi connectivity index (χ0) is 20.0. The van der Waals surface area contributed by atoms with Crippen LogP contribution in [0.2, 0.25) is 0 Å². The van der Waals surface area contributed by atoms with Crippen LogP contribution in [-0.2, 0) is 15.6 Å². The predicted octanol–water partition coefficient (Wildman–Crippen LogP) is 3.36. The molecule has 0 unspecified atom stereocenters. The molecule has 0 radical (unpaired) electrons. The van der Waals surface area contributed by atoms with E-state index in [1.165, 1.54) is 17.5 Å². The van der Waals surface area contributed by atoms with Crippen molar-refractivity contribution < 1.29 is 13.2 Å². The summed E-state index contributed by atoms with van der Waals surface area (Å²) >= 11 is 1.40. The zero-order valence-electron chi connectivity index (χ0n) is 15.3. The van der Waals surface area contributed by atoms with Gasteiger partial charge in [-0.3, -0.25) is 4.79 Å². The Balaban J connectivity index is 1.98. The minimum absolute atomic E-state index is 0.00805. The average molecular weight is 404 g/mol. The number of carbonyl (C=O) groups is 1. The summed E-state index contributed by atoms with van der Waals surface area (Å²) in [7, 11) is -3.24. The molecule has 2 heterocycles. The van der Waals surface area contributed by atoms with Crippen molar-refractivity contribution in [2.24, 2.45) is 5.73 Å². The molecule has 0 aliphatic rings. The SMILES string of the molecule is CC(C)(C)S(=O)(=O)Cc1ccc(-c2cc3c(N)ncc(C(N)=O)c3s2)cc1. The predicted molar refractivity (Wildman–Crippen MR) is 110 cm³/mol. The van der Waals surface area contributed by atoms with Gasteiger partial charge in [0.05, 0.1) is 20.8 Å². The fraction of sp³-hybridized carbons (Fsp3) is 0.263. The molecule has 3 aromatic rings. The number of fused-ring (bicyclic) bond motifs is 1. The topological polar surface area (TPSA) is 116 Å². The fourth-order valence-electron chi connectivity index (χ4n) is 2.56. The molecule has 0 aliphatic heterocycles. The van der Waals surface area contributed by atoms with Gasteiger partial charge in [-0.15, -0.1) is 11.3 Å². The molecule has 1 aromatic carbocycles. The van der Waals surface area contributed by atoms with Crippen LogP contribution < -0.4 is 11.5 Å². The number of nitrogen functional groups attached to an aromatic ring is 1. The Labute approximate surface area is 162 Å². The van der Waals surface area contributed by atoms with Crippen LogP contribution in [0, 0.1) is 0 Å². The largest absolute Gasteiger partial charge is 0.383 e. The molecule has 6 nitrogen and oxygen atoms in total. The molecule has 0 saturated carbocycles. The maximum atomic E-state index is 12.4. The van der Waals surface area contributed by atoms with Crippen molar-refractivity contribution in [3.63, 3.8) is 0 Å². The second-order valence-corrected chi connectivity index (χ2v) is 11.1. The zero-order valence-corrected chi connectivity index (χ0v) is 16.9. The Morgan fingerprint density at radius 1 is 1.19 bits per heavy atom. The summed E-state index contributed by atoms with van der Waals surface area (Å²) in [5.41, 5.74) is 13.3. The van der Waals surface area contributed by atoms with Gasteiger partial charge in [0.25, 0.3) is 5.91 Å². The van der Waals surface area contributed by atoms with Crippen molar-refractivity contribution in [1.29, 1.82) is 0 Å². The molecule has 3 rings (SSSR count). The number of primary amides is 1. The summed E-state index contributed by atoms with van der Waals surface area (Å²) in [4.78, 5) is 16.6. The summed E-state index contributed by atoms with van der Waals surface area (Å²) in [6, 6.07) is 9.21. The summed E-state index contributed by atoms with van der Waals surface area (Å²) in [6.45, 7) is 5.09. The van der Waals surface area contributed by atoms with E-state index in [4.69, 9.17) is 11.5 Å². The number of amides is 1. The number of benzene rings is 1. The van der Waals surface area contributed by atoms with E-state index in [0.717, 1.165) is 16.0 Å². The lowest BCUT2D eigenvalue weighted by Crippen LogP contribution is -2.29. The van der Waals surface area contributed by atoms with Gasteiger partial charge < -0.3 is 11.5 Å².